The maximum Gasteiger partial charge on any atom is 0.321 e. The first kappa shape index (κ1) is 13.4. The summed E-state index contributed by atoms with van der Waals surface area (Å²) in [6.07, 6.45) is 2.06. The van der Waals surface area contributed by atoms with Gasteiger partial charge < -0.3 is 9.52 Å². The molecule has 4 heteroatoms. The highest BCUT2D eigenvalue weighted by atomic mass is 16.4. The average Bonchev–Trinajstić information content (AvgIpc) is 2.81. The van der Waals surface area contributed by atoms with E-state index in [4.69, 9.17) is 4.42 Å². The summed E-state index contributed by atoms with van der Waals surface area (Å²) in [6.45, 7) is 2.36. The summed E-state index contributed by atoms with van der Waals surface area (Å²) >= 11 is 0. The van der Waals surface area contributed by atoms with Crippen molar-refractivity contribution in [3.05, 3.63) is 59.5 Å². The van der Waals surface area contributed by atoms with Crippen LogP contribution in [0.5, 0.6) is 0 Å². The largest absolute Gasteiger partial charge is 0.480 e. The monoisotopic (exact) mass is 259 g/mol. The predicted molar refractivity (Wildman–Crippen MR) is 71.9 cm³/mol. The molecule has 0 aliphatic heterocycles. The van der Waals surface area contributed by atoms with Gasteiger partial charge in [-0.1, -0.05) is 30.3 Å². The van der Waals surface area contributed by atoms with Crippen molar-refractivity contribution >= 4 is 5.97 Å². The molecular weight excluding hydrogens is 242 g/mol. The molecule has 2 N–H and O–H groups in total. The van der Waals surface area contributed by atoms with Crippen LogP contribution in [0.25, 0.3) is 0 Å². The number of carboxylic acid groups (broad SMARTS) is 1. The van der Waals surface area contributed by atoms with Crippen LogP contribution in [0.1, 0.15) is 16.9 Å². The van der Waals surface area contributed by atoms with Crippen LogP contribution in [-0.2, 0) is 17.8 Å². The molecule has 19 heavy (non-hydrogen) atoms. The van der Waals surface area contributed by atoms with Gasteiger partial charge in [-0.2, -0.15) is 0 Å². The van der Waals surface area contributed by atoms with E-state index in [1.807, 2.05) is 43.3 Å². The number of furan rings is 1. The third-order valence-electron chi connectivity index (χ3n) is 3.06. The van der Waals surface area contributed by atoms with E-state index in [9.17, 15) is 9.90 Å². The van der Waals surface area contributed by atoms with Gasteiger partial charge >= 0.3 is 5.97 Å². The number of nitrogens with one attached hydrogen (secondary N) is 1. The predicted octanol–water partition coefficient (Wildman–Crippen LogP) is 2.37. The van der Waals surface area contributed by atoms with Crippen molar-refractivity contribution in [1.82, 2.24) is 5.32 Å². The van der Waals surface area contributed by atoms with E-state index in [1.54, 1.807) is 6.26 Å². The molecule has 0 unspecified atom stereocenters. The number of benzene rings is 1. The summed E-state index contributed by atoms with van der Waals surface area (Å²) < 4.78 is 5.29. The molecule has 0 radical (unpaired) electrons. The molecule has 0 saturated heterocycles. The SMILES string of the molecule is Cc1ccoc1CN[C@H](Cc1ccccc1)C(=O)O. The van der Waals surface area contributed by atoms with Crippen molar-refractivity contribution in [2.24, 2.45) is 0 Å². The van der Waals surface area contributed by atoms with E-state index >= 15 is 0 Å². The Bertz CT molecular complexity index is 533. The van der Waals surface area contributed by atoms with Crippen LogP contribution in [0.2, 0.25) is 0 Å². The van der Waals surface area contributed by atoms with E-state index in [1.165, 1.54) is 0 Å². The van der Waals surface area contributed by atoms with Gasteiger partial charge in [0.1, 0.15) is 11.8 Å². The van der Waals surface area contributed by atoms with Gasteiger partial charge in [-0.3, -0.25) is 10.1 Å². The second-order valence-corrected chi connectivity index (χ2v) is 4.49. The topological polar surface area (TPSA) is 62.5 Å². The molecule has 1 heterocycles. The Morgan fingerprint density at radius 3 is 2.63 bits per heavy atom. The molecule has 0 bridgehead atoms. The van der Waals surface area contributed by atoms with E-state index in [2.05, 4.69) is 5.32 Å². The van der Waals surface area contributed by atoms with Gasteiger partial charge in [-0.05, 0) is 30.5 Å². The number of hydrogen-bond donors (Lipinski definition) is 2. The zero-order valence-corrected chi connectivity index (χ0v) is 10.8. The lowest BCUT2D eigenvalue weighted by atomic mass is 10.1. The number of carboxylic acids is 1. The lowest BCUT2D eigenvalue weighted by molar-refractivity contribution is -0.139. The third kappa shape index (κ3) is 3.69. The van der Waals surface area contributed by atoms with Crippen molar-refractivity contribution in [2.75, 3.05) is 0 Å². The Morgan fingerprint density at radius 2 is 2.05 bits per heavy atom. The number of aryl methyl sites for hydroxylation is 1. The minimum absolute atomic E-state index is 0.419. The molecule has 4 nitrogen and oxygen atoms in total. The fraction of sp³-hybridized carbons (Fsp3) is 0.267. The highest BCUT2D eigenvalue weighted by Crippen LogP contribution is 2.09. The van der Waals surface area contributed by atoms with E-state index in [0.717, 1.165) is 16.9 Å². The van der Waals surface area contributed by atoms with Crippen LogP contribution in [0.3, 0.4) is 0 Å². The molecule has 100 valence electrons. The van der Waals surface area contributed by atoms with E-state index < -0.39 is 12.0 Å². The Morgan fingerprint density at radius 1 is 1.32 bits per heavy atom. The summed E-state index contributed by atoms with van der Waals surface area (Å²) in [6, 6.07) is 10.8. The molecular formula is C15H17NO3. The highest BCUT2D eigenvalue weighted by molar-refractivity contribution is 5.73. The van der Waals surface area contributed by atoms with Gasteiger partial charge in [0.2, 0.25) is 0 Å². The molecule has 1 atom stereocenters. The zero-order chi connectivity index (χ0) is 13.7. The first-order valence-electron chi connectivity index (χ1n) is 6.20. The lowest BCUT2D eigenvalue weighted by Gasteiger charge is -2.14. The molecule has 0 saturated carbocycles. The fourth-order valence-electron chi connectivity index (χ4n) is 1.90. The highest BCUT2D eigenvalue weighted by Gasteiger charge is 2.18. The Labute approximate surface area is 112 Å². The Hall–Kier alpha value is -2.07. The molecule has 1 aromatic heterocycles. The first-order chi connectivity index (χ1) is 9.16. The molecule has 0 spiro atoms. The Kier molecular flexibility index (Phi) is 4.36. The summed E-state index contributed by atoms with van der Waals surface area (Å²) in [7, 11) is 0. The van der Waals surface area contributed by atoms with Gasteiger partial charge in [0.25, 0.3) is 0 Å². The normalized spacial score (nSPS) is 12.3. The second kappa shape index (κ2) is 6.20. The van der Waals surface area contributed by atoms with Crippen molar-refractivity contribution in [1.29, 1.82) is 0 Å². The van der Waals surface area contributed by atoms with Crippen molar-refractivity contribution in [2.45, 2.75) is 25.9 Å². The lowest BCUT2D eigenvalue weighted by Crippen LogP contribution is -2.38. The number of aliphatic carboxylic acids is 1. The van der Waals surface area contributed by atoms with Gasteiger partial charge in [-0.15, -0.1) is 0 Å². The maximum atomic E-state index is 11.3. The van der Waals surface area contributed by atoms with Crippen molar-refractivity contribution < 1.29 is 14.3 Å². The van der Waals surface area contributed by atoms with Crippen molar-refractivity contribution in [3.8, 4) is 0 Å². The summed E-state index contributed by atoms with van der Waals surface area (Å²) in [5.41, 5.74) is 2.02. The van der Waals surface area contributed by atoms with Gasteiger partial charge in [-0.25, -0.2) is 0 Å². The molecule has 0 aliphatic rings. The van der Waals surface area contributed by atoms with Crippen LogP contribution in [0.4, 0.5) is 0 Å². The fourth-order valence-corrected chi connectivity index (χ4v) is 1.90. The van der Waals surface area contributed by atoms with Crippen LogP contribution >= 0.6 is 0 Å². The van der Waals surface area contributed by atoms with Gasteiger partial charge in [0, 0.05) is 0 Å². The molecule has 2 rings (SSSR count). The van der Waals surface area contributed by atoms with Crippen LogP contribution in [-0.4, -0.2) is 17.1 Å². The Balaban J connectivity index is 1.97. The zero-order valence-electron chi connectivity index (χ0n) is 10.8. The summed E-state index contributed by atoms with van der Waals surface area (Å²) in [5, 5.41) is 12.3. The maximum absolute atomic E-state index is 11.3. The van der Waals surface area contributed by atoms with Crippen LogP contribution < -0.4 is 5.32 Å². The number of carbonyl (C=O) groups is 1. The quantitative estimate of drug-likeness (QED) is 0.836. The average molecular weight is 259 g/mol. The standard InChI is InChI=1S/C15H17NO3/c1-11-7-8-19-14(11)10-16-13(15(17)18)9-12-5-3-2-4-6-12/h2-8,13,16H,9-10H2,1H3,(H,17,18)/t13-/m1/s1. The summed E-state index contributed by atoms with van der Waals surface area (Å²) in [4.78, 5) is 11.3. The molecule has 2 aromatic rings. The molecule has 1 aromatic carbocycles. The number of hydrogen-bond acceptors (Lipinski definition) is 3. The smallest absolute Gasteiger partial charge is 0.321 e. The van der Waals surface area contributed by atoms with Gasteiger partial charge in [0.05, 0.1) is 12.8 Å². The van der Waals surface area contributed by atoms with Crippen LogP contribution in [0, 0.1) is 6.92 Å². The first-order valence-corrected chi connectivity index (χ1v) is 6.20. The molecule has 0 aliphatic carbocycles. The van der Waals surface area contributed by atoms with Crippen molar-refractivity contribution in [3.63, 3.8) is 0 Å². The van der Waals surface area contributed by atoms with E-state index in [0.29, 0.717) is 13.0 Å². The molecule has 0 amide bonds. The van der Waals surface area contributed by atoms with Gasteiger partial charge in [0.15, 0.2) is 0 Å². The summed E-state index contributed by atoms with van der Waals surface area (Å²) in [5.74, 6) is -0.0765. The minimum Gasteiger partial charge on any atom is -0.480 e. The molecule has 0 fully saturated rings. The second-order valence-electron chi connectivity index (χ2n) is 4.49. The third-order valence-corrected chi connectivity index (χ3v) is 3.06. The number of rotatable bonds is 6. The van der Waals surface area contributed by atoms with E-state index in [-0.39, 0.29) is 0 Å². The minimum atomic E-state index is -0.854. The van der Waals surface area contributed by atoms with Crippen LogP contribution in [0.15, 0.2) is 47.1 Å².